The minimum Gasteiger partial charge on any atom is -0.498 e. The normalized spacial score (nSPS) is 21.7. The van der Waals surface area contributed by atoms with E-state index in [2.05, 4.69) is 62.6 Å². The van der Waals surface area contributed by atoms with Gasteiger partial charge in [-0.1, -0.05) is 37.8 Å². The summed E-state index contributed by atoms with van der Waals surface area (Å²) in [6, 6.07) is 0.552. The topological polar surface area (TPSA) is 38.8 Å². The molecule has 0 aromatic heterocycles. The number of fused-ring (bicyclic) bond motifs is 1. The van der Waals surface area contributed by atoms with Gasteiger partial charge in [0, 0.05) is 36.6 Å². The van der Waals surface area contributed by atoms with E-state index in [0.717, 1.165) is 18.6 Å². The van der Waals surface area contributed by atoms with Crippen molar-refractivity contribution < 1.29 is 23.0 Å². The Balaban J connectivity index is 1.48. The number of hydrogen-bond acceptors (Lipinski definition) is 4. The van der Waals surface area contributed by atoms with Gasteiger partial charge in [0.1, 0.15) is 0 Å². The highest BCUT2D eigenvalue weighted by atomic mass is 19.3. The van der Waals surface area contributed by atoms with Crippen LogP contribution in [0.15, 0.2) is 71.2 Å². The van der Waals surface area contributed by atoms with Crippen molar-refractivity contribution in [2.45, 2.75) is 84.2 Å². The van der Waals surface area contributed by atoms with Gasteiger partial charge in [0.25, 0.3) is 0 Å². The standard InChI is InChI=1S/C29H39F2NO3/c1-20(2)28(33)35-17-9-15-29(30,31)14-8-16-34-24-13-12-23-18-27(25-11-7-6-10-22(25)5)32(21(3)4)26(23)19-24/h6-7,11-13,18,21-22,26H,1,8-10,14-17,19H2,2-5H3. The molecule has 1 heterocycles. The molecular formula is C29H39F2NO3. The minimum absolute atomic E-state index is 0.0188. The van der Waals surface area contributed by atoms with Gasteiger partial charge in [-0.3, -0.25) is 0 Å². The van der Waals surface area contributed by atoms with E-state index in [1.54, 1.807) is 0 Å². The number of alkyl halides is 2. The van der Waals surface area contributed by atoms with Crippen molar-refractivity contribution in [2.24, 2.45) is 5.92 Å². The number of ether oxygens (including phenoxy) is 2. The van der Waals surface area contributed by atoms with Crippen molar-refractivity contribution >= 4 is 5.97 Å². The Labute approximate surface area is 208 Å². The van der Waals surface area contributed by atoms with Crippen LogP contribution in [0, 0.1) is 5.92 Å². The zero-order chi connectivity index (χ0) is 25.6. The van der Waals surface area contributed by atoms with Gasteiger partial charge in [-0.05, 0) is 69.2 Å². The summed E-state index contributed by atoms with van der Waals surface area (Å²) in [7, 11) is 0. The Hall–Kier alpha value is -2.63. The summed E-state index contributed by atoms with van der Waals surface area (Å²) in [5, 5.41) is 0. The Morgan fingerprint density at radius 1 is 1.20 bits per heavy atom. The molecule has 0 N–H and O–H groups in total. The van der Waals surface area contributed by atoms with Crippen LogP contribution in [-0.2, 0) is 14.3 Å². The van der Waals surface area contributed by atoms with E-state index in [1.807, 2.05) is 6.08 Å². The molecule has 0 amide bonds. The van der Waals surface area contributed by atoms with Crippen LogP contribution < -0.4 is 0 Å². The number of nitrogens with zero attached hydrogens (tertiary/aromatic N) is 1. The van der Waals surface area contributed by atoms with Crippen molar-refractivity contribution in [1.29, 1.82) is 0 Å². The zero-order valence-corrected chi connectivity index (χ0v) is 21.5. The van der Waals surface area contributed by atoms with Crippen LogP contribution in [-0.4, -0.2) is 42.1 Å². The molecule has 0 saturated carbocycles. The third-order valence-electron chi connectivity index (χ3n) is 6.69. The van der Waals surface area contributed by atoms with E-state index in [0.29, 0.717) is 12.0 Å². The molecule has 0 fully saturated rings. The van der Waals surface area contributed by atoms with Crippen molar-refractivity contribution in [3.8, 4) is 0 Å². The lowest BCUT2D eigenvalue weighted by Crippen LogP contribution is -2.38. The van der Waals surface area contributed by atoms with Crippen molar-refractivity contribution in [2.75, 3.05) is 13.2 Å². The van der Waals surface area contributed by atoms with Gasteiger partial charge in [-0.25, -0.2) is 13.6 Å². The molecule has 1 aliphatic heterocycles. The molecule has 0 bridgehead atoms. The molecule has 2 atom stereocenters. The summed E-state index contributed by atoms with van der Waals surface area (Å²) in [5.74, 6) is -2.01. The average Bonchev–Trinajstić information content (AvgIpc) is 3.18. The number of esters is 1. The molecule has 0 aromatic carbocycles. The molecule has 2 aliphatic carbocycles. The van der Waals surface area contributed by atoms with E-state index in [1.165, 1.54) is 23.8 Å². The first-order chi connectivity index (χ1) is 16.6. The lowest BCUT2D eigenvalue weighted by atomic mass is 9.90. The molecule has 0 radical (unpaired) electrons. The van der Waals surface area contributed by atoms with E-state index in [9.17, 15) is 13.6 Å². The van der Waals surface area contributed by atoms with Crippen molar-refractivity contribution in [3.05, 3.63) is 71.2 Å². The molecule has 0 saturated heterocycles. The number of carbonyl (C=O) groups excluding carboxylic acids is 1. The summed E-state index contributed by atoms with van der Waals surface area (Å²) in [4.78, 5) is 13.8. The highest BCUT2D eigenvalue weighted by molar-refractivity contribution is 5.86. The van der Waals surface area contributed by atoms with Gasteiger partial charge >= 0.3 is 5.97 Å². The summed E-state index contributed by atoms with van der Waals surface area (Å²) >= 11 is 0. The zero-order valence-electron chi connectivity index (χ0n) is 21.5. The van der Waals surface area contributed by atoms with Crippen LogP contribution in [0.25, 0.3) is 0 Å². The Morgan fingerprint density at radius 2 is 1.91 bits per heavy atom. The quantitative estimate of drug-likeness (QED) is 0.168. The van der Waals surface area contributed by atoms with Crippen molar-refractivity contribution in [1.82, 2.24) is 4.90 Å². The predicted octanol–water partition coefficient (Wildman–Crippen LogP) is 7.03. The van der Waals surface area contributed by atoms with Crippen LogP contribution >= 0.6 is 0 Å². The van der Waals surface area contributed by atoms with Crippen LogP contribution in [0.2, 0.25) is 0 Å². The highest BCUT2D eigenvalue weighted by Gasteiger charge is 2.36. The van der Waals surface area contributed by atoms with E-state index in [-0.39, 0.29) is 50.5 Å². The molecular weight excluding hydrogens is 448 g/mol. The van der Waals surface area contributed by atoms with Crippen LogP contribution in [0.5, 0.6) is 0 Å². The molecule has 2 unspecified atom stereocenters. The molecule has 4 nitrogen and oxygen atoms in total. The van der Waals surface area contributed by atoms with Gasteiger partial charge in [-0.2, -0.15) is 0 Å². The number of rotatable bonds is 12. The number of halogens is 2. The smallest absolute Gasteiger partial charge is 0.333 e. The van der Waals surface area contributed by atoms with Crippen molar-refractivity contribution in [3.63, 3.8) is 0 Å². The lowest BCUT2D eigenvalue weighted by molar-refractivity contribution is -0.139. The number of hydrogen-bond donors (Lipinski definition) is 0. The van der Waals surface area contributed by atoms with Gasteiger partial charge in [-0.15, -0.1) is 0 Å². The maximum atomic E-state index is 14.2. The van der Waals surface area contributed by atoms with E-state index in [4.69, 9.17) is 9.47 Å². The largest absolute Gasteiger partial charge is 0.498 e. The first kappa shape index (κ1) is 27.0. The fraction of sp³-hybridized carbons (Fsp3) is 0.552. The Morgan fingerprint density at radius 3 is 2.57 bits per heavy atom. The molecule has 0 spiro atoms. The molecule has 3 aliphatic rings. The number of allylic oxidation sites excluding steroid dienone is 6. The molecule has 0 aromatic rings. The van der Waals surface area contributed by atoms with Crippen LogP contribution in [0.4, 0.5) is 8.78 Å². The van der Waals surface area contributed by atoms with Gasteiger partial charge in [0.05, 0.1) is 25.0 Å². The number of carbonyl (C=O) groups is 1. The second kappa shape index (κ2) is 11.9. The molecule has 192 valence electrons. The summed E-state index contributed by atoms with van der Waals surface area (Å²) in [6.07, 6.45) is 14.6. The third-order valence-corrected chi connectivity index (χ3v) is 6.69. The lowest BCUT2D eigenvalue weighted by Gasteiger charge is -2.37. The van der Waals surface area contributed by atoms with Gasteiger partial charge in [0.2, 0.25) is 5.92 Å². The maximum Gasteiger partial charge on any atom is 0.333 e. The Kier molecular flexibility index (Phi) is 9.15. The second-order valence-corrected chi connectivity index (χ2v) is 10.1. The summed E-state index contributed by atoms with van der Waals surface area (Å²) in [6.45, 7) is 11.9. The monoisotopic (exact) mass is 487 g/mol. The summed E-state index contributed by atoms with van der Waals surface area (Å²) in [5.41, 5.74) is 4.21. The highest BCUT2D eigenvalue weighted by Crippen LogP contribution is 2.41. The van der Waals surface area contributed by atoms with E-state index < -0.39 is 11.9 Å². The fourth-order valence-corrected chi connectivity index (χ4v) is 4.82. The van der Waals surface area contributed by atoms with E-state index >= 15 is 0 Å². The first-order valence-corrected chi connectivity index (χ1v) is 12.7. The predicted molar refractivity (Wildman–Crippen MR) is 136 cm³/mol. The van der Waals surface area contributed by atoms with Crippen LogP contribution in [0.3, 0.4) is 0 Å². The average molecular weight is 488 g/mol. The second-order valence-electron chi connectivity index (χ2n) is 10.1. The molecule has 6 heteroatoms. The first-order valence-electron chi connectivity index (χ1n) is 12.7. The Bertz CT molecular complexity index is 955. The fourth-order valence-electron chi connectivity index (χ4n) is 4.82. The minimum atomic E-state index is -2.80. The van der Waals surface area contributed by atoms with Crippen LogP contribution in [0.1, 0.15) is 66.2 Å². The van der Waals surface area contributed by atoms with Gasteiger partial charge < -0.3 is 14.4 Å². The molecule has 3 rings (SSSR count). The summed E-state index contributed by atoms with van der Waals surface area (Å²) < 4.78 is 39.2. The van der Waals surface area contributed by atoms with Gasteiger partial charge in [0.15, 0.2) is 0 Å². The third kappa shape index (κ3) is 7.18. The SMILES string of the molecule is C=C(C)C(=O)OCCCC(F)(F)CCCOC1=CC=C2C=C(C3=CC=CCC3C)N(C(C)C)C2C1. The maximum absolute atomic E-state index is 14.2. The molecule has 35 heavy (non-hydrogen) atoms.